The molecule has 1 atom stereocenters. The first-order valence-corrected chi connectivity index (χ1v) is 6.54. The predicted molar refractivity (Wildman–Crippen MR) is 67.4 cm³/mol. The van der Waals surface area contributed by atoms with Gasteiger partial charge in [-0.25, -0.2) is 4.98 Å². The molecule has 0 aromatic carbocycles. The first-order valence-electron chi connectivity index (χ1n) is 5.66. The molecule has 15 heavy (non-hydrogen) atoms. The Hall–Kier alpha value is -0.410. The lowest BCUT2D eigenvalue weighted by Gasteiger charge is -2.28. The van der Waals surface area contributed by atoms with E-state index in [0.29, 0.717) is 6.04 Å². The lowest BCUT2D eigenvalue weighted by Crippen LogP contribution is -2.42. The standard InChI is InChI=1S/C12H22N2S/c1-6-7-9(2)14-12(4,5)11-13-10(3)8-15-11/h8-9,14H,6-7H2,1-5H3. The number of aromatic nitrogens is 1. The van der Waals surface area contributed by atoms with Crippen molar-refractivity contribution in [1.29, 1.82) is 0 Å². The summed E-state index contributed by atoms with van der Waals surface area (Å²) < 4.78 is 0. The molecule has 0 radical (unpaired) electrons. The maximum atomic E-state index is 4.55. The largest absolute Gasteiger partial charge is 0.303 e. The average Bonchev–Trinajstić information content (AvgIpc) is 2.51. The molecule has 1 unspecified atom stereocenters. The third-order valence-corrected chi connectivity index (χ3v) is 3.77. The van der Waals surface area contributed by atoms with E-state index in [-0.39, 0.29) is 5.54 Å². The van der Waals surface area contributed by atoms with Gasteiger partial charge in [-0.2, -0.15) is 0 Å². The van der Waals surface area contributed by atoms with Gasteiger partial charge in [-0.3, -0.25) is 0 Å². The van der Waals surface area contributed by atoms with Gasteiger partial charge in [0.15, 0.2) is 0 Å². The van der Waals surface area contributed by atoms with Gasteiger partial charge in [0.25, 0.3) is 0 Å². The Labute approximate surface area is 97.1 Å². The van der Waals surface area contributed by atoms with Gasteiger partial charge < -0.3 is 5.32 Å². The normalized spacial score (nSPS) is 14.2. The molecule has 1 N–H and O–H groups in total. The van der Waals surface area contributed by atoms with Gasteiger partial charge in [-0.15, -0.1) is 11.3 Å². The van der Waals surface area contributed by atoms with Crippen molar-refractivity contribution in [3.63, 3.8) is 0 Å². The van der Waals surface area contributed by atoms with E-state index < -0.39 is 0 Å². The van der Waals surface area contributed by atoms with Gasteiger partial charge in [0.05, 0.1) is 5.54 Å². The van der Waals surface area contributed by atoms with E-state index in [4.69, 9.17) is 0 Å². The summed E-state index contributed by atoms with van der Waals surface area (Å²) in [5.41, 5.74) is 1.11. The Morgan fingerprint density at radius 1 is 1.53 bits per heavy atom. The van der Waals surface area contributed by atoms with Crippen molar-refractivity contribution in [3.05, 3.63) is 16.1 Å². The van der Waals surface area contributed by atoms with Crippen LogP contribution in [-0.2, 0) is 5.54 Å². The molecule has 0 aliphatic heterocycles. The second kappa shape index (κ2) is 5.08. The summed E-state index contributed by atoms with van der Waals surface area (Å²) in [6.45, 7) is 10.9. The van der Waals surface area contributed by atoms with Crippen LogP contribution in [0, 0.1) is 6.92 Å². The summed E-state index contributed by atoms with van der Waals surface area (Å²) in [7, 11) is 0. The lowest BCUT2D eigenvalue weighted by molar-refractivity contribution is 0.339. The molecule has 1 aromatic rings. The molecule has 0 fully saturated rings. The molecule has 0 saturated heterocycles. The second-order valence-corrected chi connectivity index (χ2v) is 5.61. The van der Waals surface area contributed by atoms with Crippen LogP contribution >= 0.6 is 11.3 Å². The fourth-order valence-corrected chi connectivity index (χ4v) is 2.71. The number of hydrogen-bond donors (Lipinski definition) is 1. The minimum atomic E-state index is -0.00644. The fraction of sp³-hybridized carbons (Fsp3) is 0.750. The Balaban J connectivity index is 2.66. The number of nitrogens with zero attached hydrogens (tertiary/aromatic N) is 1. The highest BCUT2D eigenvalue weighted by Gasteiger charge is 2.24. The van der Waals surface area contributed by atoms with Crippen molar-refractivity contribution in [2.75, 3.05) is 0 Å². The van der Waals surface area contributed by atoms with Crippen LogP contribution < -0.4 is 5.32 Å². The maximum Gasteiger partial charge on any atom is 0.112 e. The average molecular weight is 226 g/mol. The zero-order valence-electron chi connectivity index (χ0n) is 10.4. The molecule has 0 spiro atoms. The van der Waals surface area contributed by atoms with E-state index in [1.165, 1.54) is 17.8 Å². The topological polar surface area (TPSA) is 24.9 Å². The number of nitrogens with one attached hydrogen (secondary N) is 1. The van der Waals surface area contributed by atoms with Crippen LogP contribution in [0.25, 0.3) is 0 Å². The van der Waals surface area contributed by atoms with Gasteiger partial charge in [0.2, 0.25) is 0 Å². The van der Waals surface area contributed by atoms with E-state index in [0.717, 1.165) is 5.69 Å². The highest BCUT2D eigenvalue weighted by molar-refractivity contribution is 7.09. The number of rotatable bonds is 5. The molecule has 0 aliphatic carbocycles. The Morgan fingerprint density at radius 3 is 2.67 bits per heavy atom. The van der Waals surface area contributed by atoms with Crippen LogP contribution in [-0.4, -0.2) is 11.0 Å². The van der Waals surface area contributed by atoms with Crippen molar-refractivity contribution in [3.8, 4) is 0 Å². The van der Waals surface area contributed by atoms with Gasteiger partial charge in [0.1, 0.15) is 5.01 Å². The number of hydrogen-bond acceptors (Lipinski definition) is 3. The van der Waals surface area contributed by atoms with E-state index in [2.05, 4.69) is 43.4 Å². The van der Waals surface area contributed by atoms with Crippen LogP contribution in [0.3, 0.4) is 0 Å². The van der Waals surface area contributed by atoms with Crippen molar-refractivity contribution >= 4 is 11.3 Å². The smallest absolute Gasteiger partial charge is 0.112 e. The molecule has 1 aromatic heterocycles. The molecular weight excluding hydrogens is 204 g/mol. The highest BCUT2D eigenvalue weighted by Crippen LogP contribution is 2.24. The molecule has 0 amide bonds. The predicted octanol–water partition coefficient (Wildman–Crippen LogP) is 3.46. The van der Waals surface area contributed by atoms with Crippen LogP contribution in [0.1, 0.15) is 51.2 Å². The van der Waals surface area contributed by atoms with Gasteiger partial charge in [-0.05, 0) is 34.1 Å². The lowest BCUT2D eigenvalue weighted by atomic mass is 10.0. The minimum absolute atomic E-state index is 0.00644. The van der Waals surface area contributed by atoms with E-state index >= 15 is 0 Å². The van der Waals surface area contributed by atoms with Gasteiger partial charge >= 0.3 is 0 Å². The summed E-state index contributed by atoms with van der Waals surface area (Å²) in [4.78, 5) is 4.55. The molecule has 0 saturated carbocycles. The minimum Gasteiger partial charge on any atom is -0.303 e. The molecular formula is C12H22N2S. The Kier molecular flexibility index (Phi) is 4.29. The molecule has 2 nitrogen and oxygen atoms in total. The van der Waals surface area contributed by atoms with E-state index in [1.807, 2.05) is 6.92 Å². The summed E-state index contributed by atoms with van der Waals surface area (Å²) >= 11 is 1.74. The third kappa shape index (κ3) is 3.58. The first-order chi connectivity index (χ1) is 6.95. The number of aryl methyl sites for hydroxylation is 1. The maximum absolute atomic E-state index is 4.55. The number of thiazole rings is 1. The summed E-state index contributed by atoms with van der Waals surface area (Å²) in [5, 5.41) is 6.93. The molecule has 0 bridgehead atoms. The van der Waals surface area contributed by atoms with Crippen molar-refractivity contribution in [2.24, 2.45) is 0 Å². The zero-order chi connectivity index (χ0) is 11.5. The Morgan fingerprint density at radius 2 is 2.20 bits per heavy atom. The monoisotopic (exact) mass is 226 g/mol. The van der Waals surface area contributed by atoms with E-state index in [9.17, 15) is 0 Å². The van der Waals surface area contributed by atoms with Crippen molar-refractivity contribution in [1.82, 2.24) is 10.3 Å². The molecule has 0 aliphatic rings. The van der Waals surface area contributed by atoms with Gasteiger partial charge in [-0.1, -0.05) is 13.3 Å². The first kappa shape index (κ1) is 12.7. The second-order valence-electron chi connectivity index (χ2n) is 4.75. The van der Waals surface area contributed by atoms with Crippen LogP contribution in [0.5, 0.6) is 0 Å². The van der Waals surface area contributed by atoms with Gasteiger partial charge in [0, 0.05) is 17.1 Å². The third-order valence-electron chi connectivity index (χ3n) is 2.48. The molecule has 3 heteroatoms. The van der Waals surface area contributed by atoms with Crippen molar-refractivity contribution < 1.29 is 0 Å². The zero-order valence-corrected chi connectivity index (χ0v) is 11.2. The SMILES string of the molecule is CCCC(C)NC(C)(C)c1nc(C)cs1. The Bertz CT molecular complexity index is 304. The van der Waals surface area contributed by atoms with Crippen LogP contribution in [0.4, 0.5) is 0 Å². The van der Waals surface area contributed by atoms with Crippen LogP contribution in [0.15, 0.2) is 5.38 Å². The van der Waals surface area contributed by atoms with Crippen LogP contribution in [0.2, 0.25) is 0 Å². The molecule has 1 heterocycles. The highest BCUT2D eigenvalue weighted by atomic mass is 32.1. The quantitative estimate of drug-likeness (QED) is 0.831. The molecule has 1 rings (SSSR count). The van der Waals surface area contributed by atoms with Crippen molar-refractivity contribution in [2.45, 2.75) is 59.0 Å². The summed E-state index contributed by atoms with van der Waals surface area (Å²) in [6, 6.07) is 0.550. The van der Waals surface area contributed by atoms with E-state index in [1.54, 1.807) is 11.3 Å². The summed E-state index contributed by atoms with van der Waals surface area (Å²) in [5.74, 6) is 0. The fourth-order valence-electron chi connectivity index (χ4n) is 1.82. The summed E-state index contributed by atoms with van der Waals surface area (Å²) in [6.07, 6.45) is 2.44. The molecule has 86 valence electrons.